The number of hydrogen-bond acceptors (Lipinski definition) is 6. The maximum Gasteiger partial charge on any atom is 0.325 e. The largest absolute Gasteiger partial charge is 0.384 e. The zero-order chi connectivity index (χ0) is 27.7. The second kappa shape index (κ2) is 10.6. The number of pyridine rings is 1. The molecule has 1 fully saturated rings. The molecule has 1 unspecified atom stereocenters. The fourth-order valence-corrected chi connectivity index (χ4v) is 4.70. The van der Waals surface area contributed by atoms with Gasteiger partial charge in [-0.3, -0.25) is 24.1 Å². The Bertz CT molecular complexity index is 1370. The average Bonchev–Trinajstić information content (AvgIpc) is 3.30. The highest BCUT2D eigenvalue weighted by molar-refractivity contribution is 6.12. The third kappa shape index (κ3) is 5.06. The van der Waals surface area contributed by atoms with Crippen molar-refractivity contribution in [3.05, 3.63) is 71.1 Å². The highest BCUT2D eigenvalue weighted by Gasteiger charge is 2.55. The summed E-state index contributed by atoms with van der Waals surface area (Å²) in [5, 5.41) is 6.82. The number of nitrogens with one attached hydrogen (secondary N) is 1. The van der Waals surface area contributed by atoms with Crippen molar-refractivity contribution in [2.24, 2.45) is 13.0 Å². The van der Waals surface area contributed by atoms with Gasteiger partial charge in [-0.1, -0.05) is 19.1 Å². The lowest BCUT2D eigenvalue weighted by Gasteiger charge is -2.45. The normalized spacial score (nSPS) is 17.6. The predicted octanol–water partition coefficient (Wildman–Crippen LogP) is 2.88. The van der Waals surface area contributed by atoms with Crippen LogP contribution in [0.2, 0.25) is 0 Å². The van der Waals surface area contributed by atoms with Gasteiger partial charge >= 0.3 is 6.03 Å². The standard InChI is InChI=1S/C26H29F2N7O3/c1-5-19(16-7-6-8-18(27)22(16)28)31-26(38)35-23(25(37)34(4)21-9-10-33(3)32-21)17(24(35)36)12-15-11-14(2)30-20(29)13-15/h6-11,13,17,19,23H,5,12H2,1-4H3,(H2,29,30)(H,31,38)/t17-,19?,23+/m1/s1. The van der Waals surface area contributed by atoms with Gasteiger partial charge < -0.3 is 11.1 Å². The first kappa shape index (κ1) is 26.7. The summed E-state index contributed by atoms with van der Waals surface area (Å²) in [7, 11) is 3.20. The van der Waals surface area contributed by atoms with E-state index in [-0.39, 0.29) is 24.2 Å². The van der Waals surface area contributed by atoms with Gasteiger partial charge in [-0.05, 0) is 43.5 Å². The molecule has 38 heavy (non-hydrogen) atoms. The molecule has 0 radical (unpaired) electrons. The number of amides is 4. The zero-order valence-corrected chi connectivity index (χ0v) is 21.5. The molecule has 3 aromatic rings. The summed E-state index contributed by atoms with van der Waals surface area (Å²) in [6.45, 7) is 3.44. The topological polar surface area (TPSA) is 126 Å². The van der Waals surface area contributed by atoms with Crippen LogP contribution in [-0.2, 0) is 23.1 Å². The van der Waals surface area contributed by atoms with Crippen molar-refractivity contribution in [1.82, 2.24) is 25.0 Å². The monoisotopic (exact) mass is 525 g/mol. The third-order valence-electron chi connectivity index (χ3n) is 6.61. The molecule has 3 N–H and O–H groups in total. The van der Waals surface area contributed by atoms with Crippen molar-refractivity contribution in [3.8, 4) is 0 Å². The molecule has 4 amide bonds. The van der Waals surface area contributed by atoms with Crippen LogP contribution in [0.25, 0.3) is 0 Å². The first-order valence-corrected chi connectivity index (χ1v) is 12.1. The summed E-state index contributed by atoms with van der Waals surface area (Å²) in [6.07, 6.45) is 2.03. The van der Waals surface area contributed by atoms with Gasteiger partial charge in [-0.2, -0.15) is 5.10 Å². The average molecular weight is 526 g/mol. The number of likely N-dealkylation sites (N-methyl/N-ethyl adjacent to an activating group) is 1. The molecule has 0 saturated carbocycles. The summed E-state index contributed by atoms with van der Waals surface area (Å²) in [6, 6.07) is 5.74. The summed E-state index contributed by atoms with van der Waals surface area (Å²) in [5.74, 6) is -3.46. The third-order valence-corrected chi connectivity index (χ3v) is 6.61. The van der Waals surface area contributed by atoms with E-state index in [1.54, 1.807) is 45.3 Å². The minimum atomic E-state index is -1.15. The number of aromatic nitrogens is 3. The van der Waals surface area contributed by atoms with Crippen LogP contribution in [0.15, 0.2) is 42.6 Å². The van der Waals surface area contributed by atoms with Crippen molar-refractivity contribution < 1.29 is 23.2 Å². The highest BCUT2D eigenvalue weighted by atomic mass is 19.2. The number of hydrogen-bond donors (Lipinski definition) is 2. The van der Waals surface area contributed by atoms with Crippen molar-refractivity contribution in [2.45, 2.75) is 38.8 Å². The van der Waals surface area contributed by atoms with Crippen LogP contribution < -0.4 is 16.0 Å². The number of aryl methyl sites for hydroxylation is 2. The van der Waals surface area contributed by atoms with Gasteiger partial charge in [0.15, 0.2) is 17.5 Å². The lowest BCUT2D eigenvalue weighted by Crippen LogP contribution is -2.70. The predicted molar refractivity (Wildman–Crippen MR) is 136 cm³/mol. The van der Waals surface area contributed by atoms with Gasteiger partial charge in [0.1, 0.15) is 11.9 Å². The molecule has 1 saturated heterocycles. The minimum absolute atomic E-state index is 0.0541. The van der Waals surface area contributed by atoms with Crippen LogP contribution in [0.1, 0.15) is 36.2 Å². The van der Waals surface area contributed by atoms with Crippen molar-refractivity contribution in [1.29, 1.82) is 0 Å². The fraction of sp³-hybridized carbons (Fsp3) is 0.346. The first-order valence-electron chi connectivity index (χ1n) is 12.1. The van der Waals surface area contributed by atoms with Crippen LogP contribution in [0.4, 0.5) is 25.2 Å². The van der Waals surface area contributed by atoms with E-state index in [4.69, 9.17) is 5.73 Å². The molecule has 3 atom stereocenters. The second-order valence-corrected chi connectivity index (χ2v) is 9.30. The number of urea groups is 1. The number of nitrogens with zero attached hydrogens (tertiary/aromatic N) is 5. The van der Waals surface area contributed by atoms with Crippen LogP contribution in [0.3, 0.4) is 0 Å². The molecule has 200 valence electrons. The van der Waals surface area contributed by atoms with E-state index in [1.165, 1.54) is 28.8 Å². The molecule has 0 bridgehead atoms. The van der Waals surface area contributed by atoms with E-state index in [0.29, 0.717) is 17.1 Å². The fourth-order valence-electron chi connectivity index (χ4n) is 4.70. The van der Waals surface area contributed by atoms with Crippen LogP contribution >= 0.6 is 0 Å². The van der Waals surface area contributed by atoms with E-state index in [1.807, 2.05) is 0 Å². The lowest BCUT2D eigenvalue weighted by molar-refractivity contribution is -0.156. The van der Waals surface area contributed by atoms with Crippen LogP contribution in [0.5, 0.6) is 0 Å². The molecular formula is C26H29F2N7O3. The maximum absolute atomic E-state index is 14.4. The first-order chi connectivity index (χ1) is 18.0. The van der Waals surface area contributed by atoms with E-state index in [9.17, 15) is 23.2 Å². The SMILES string of the molecule is CCC(NC(=O)N1C(=O)[C@H](Cc2cc(C)nc(N)c2)[C@H]1C(=O)N(C)c1ccn(C)n1)c1cccc(F)c1F. The van der Waals surface area contributed by atoms with E-state index in [2.05, 4.69) is 15.4 Å². The quantitative estimate of drug-likeness (QED) is 0.457. The number of rotatable bonds is 7. The van der Waals surface area contributed by atoms with Gasteiger partial charge in [0.25, 0.3) is 5.91 Å². The molecule has 4 rings (SSSR count). The van der Waals surface area contributed by atoms with Gasteiger partial charge in [0, 0.05) is 37.6 Å². The minimum Gasteiger partial charge on any atom is -0.384 e. The number of carbonyl (C=O) groups is 3. The van der Waals surface area contributed by atoms with E-state index in [0.717, 1.165) is 11.0 Å². The van der Waals surface area contributed by atoms with Gasteiger partial charge in [-0.25, -0.2) is 18.6 Å². The lowest BCUT2D eigenvalue weighted by atomic mass is 9.81. The number of carbonyl (C=O) groups excluding carboxylic acids is 3. The molecule has 10 nitrogen and oxygen atoms in total. The molecular weight excluding hydrogens is 496 g/mol. The molecule has 12 heteroatoms. The Balaban J connectivity index is 1.63. The number of halogens is 2. The molecule has 0 aliphatic carbocycles. The molecule has 1 aliphatic heterocycles. The van der Waals surface area contributed by atoms with E-state index < -0.39 is 47.5 Å². The maximum atomic E-state index is 14.4. The molecule has 1 aliphatic rings. The molecule has 2 aromatic heterocycles. The molecule has 0 spiro atoms. The number of benzene rings is 1. The Morgan fingerprint density at radius 3 is 2.61 bits per heavy atom. The Labute approximate surface area is 218 Å². The number of anilines is 2. The van der Waals surface area contributed by atoms with Crippen molar-refractivity contribution in [2.75, 3.05) is 17.7 Å². The summed E-state index contributed by atoms with van der Waals surface area (Å²) >= 11 is 0. The van der Waals surface area contributed by atoms with E-state index >= 15 is 0 Å². The summed E-state index contributed by atoms with van der Waals surface area (Å²) in [5.41, 5.74) is 7.15. The van der Waals surface area contributed by atoms with Crippen molar-refractivity contribution >= 4 is 29.5 Å². The summed E-state index contributed by atoms with van der Waals surface area (Å²) < 4.78 is 29.8. The number of likely N-dealkylation sites (tertiary alicyclic amines) is 1. The Hall–Kier alpha value is -4.35. The molecule has 3 heterocycles. The number of imide groups is 1. The van der Waals surface area contributed by atoms with Gasteiger partial charge in [0.2, 0.25) is 5.91 Å². The Morgan fingerprint density at radius 2 is 1.97 bits per heavy atom. The molecule has 1 aromatic carbocycles. The van der Waals surface area contributed by atoms with Crippen LogP contribution in [-0.4, -0.2) is 50.6 Å². The highest BCUT2D eigenvalue weighted by Crippen LogP contribution is 2.33. The number of β-lactam (4-membered cyclic amide) rings is 1. The Kier molecular flexibility index (Phi) is 7.42. The number of nitrogens with two attached hydrogens (primary N) is 1. The van der Waals surface area contributed by atoms with Crippen molar-refractivity contribution in [3.63, 3.8) is 0 Å². The second-order valence-electron chi connectivity index (χ2n) is 9.30. The zero-order valence-electron chi connectivity index (χ0n) is 21.5. The smallest absolute Gasteiger partial charge is 0.325 e. The Morgan fingerprint density at radius 1 is 1.24 bits per heavy atom. The van der Waals surface area contributed by atoms with Gasteiger partial charge in [0.05, 0.1) is 12.0 Å². The summed E-state index contributed by atoms with van der Waals surface area (Å²) in [4.78, 5) is 46.4. The van der Waals surface area contributed by atoms with Crippen LogP contribution in [0, 0.1) is 24.5 Å². The number of nitrogen functional groups attached to an aromatic ring is 1. The van der Waals surface area contributed by atoms with Gasteiger partial charge in [-0.15, -0.1) is 0 Å².